The zero-order chi connectivity index (χ0) is 16.3. The molecular formula is C20H28O2S. The topological polar surface area (TPSA) is 18.5 Å². The van der Waals surface area contributed by atoms with E-state index in [1.807, 2.05) is 17.8 Å². The van der Waals surface area contributed by atoms with E-state index in [-0.39, 0.29) is 6.29 Å². The lowest BCUT2D eigenvalue weighted by Crippen LogP contribution is -2.22. The lowest BCUT2D eigenvalue weighted by atomic mass is 10.1. The molecule has 126 valence electrons. The lowest BCUT2D eigenvalue weighted by molar-refractivity contribution is -0.161. The molecule has 1 aliphatic heterocycles. The molecule has 0 bridgehead atoms. The summed E-state index contributed by atoms with van der Waals surface area (Å²) in [6.07, 6.45) is 8.34. The van der Waals surface area contributed by atoms with E-state index in [0.717, 1.165) is 45.3 Å². The third-order valence-electron chi connectivity index (χ3n) is 3.97. The first-order valence-corrected chi connectivity index (χ1v) is 9.43. The molecule has 3 heteroatoms. The maximum absolute atomic E-state index is 5.93. The summed E-state index contributed by atoms with van der Waals surface area (Å²) in [6, 6.07) is 10.6. The van der Waals surface area contributed by atoms with Crippen molar-refractivity contribution in [1.29, 1.82) is 0 Å². The molecule has 1 aromatic rings. The highest BCUT2D eigenvalue weighted by Gasteiger charge is 2.15. The van der Waals surface area contributed by atoms with E-state index in [2.05, 4.69) is 43.8 Å². The fourth-order valence-corrected chi connectivity index (χ4v) is 3.82. The molecule has 2 rings (SSSR count). The number of hydrogen-bond acceptors (Lipinski definition) is 3. The van der Waals surface area contributed by atoms with Crippen molar-refractivity contribution >= 4 is 11.8 Å². The Morgan fingerprint density at radius 3 is 2.83 bits per heavy atom. The highest BCUT2D eigenvalue weighted by molar-refractivity contribution is 8.03. The Balaban J connectivity index is 1.96. The quantitative estimate of drug-likeness (QED) is 0.411. The summed E-state index contributed by atoms with van der Waals surface area (Å²) in [5.74, 6) is 0. The van der Waals surface area contributed by atoms with Crippen LogP contribution in [-0.2, 0) is 9.47 Å². The number of ether oxygens (including phenoxy) is 2. The second kappa shape index (κ2) is 10.7. The van der Waals surface area contributed by atoms with Crippen LogP contribution in [0.2, 0.25) is 0 Å². The van der Waals surface area contributed by atoms with Crippen molar-refractivity contribution in [1.82, 2.24) is 0 Å². The Labute approximate surface area is 145 Å². The molecule has 1 atom stereocenters. The zero-order valence-corrected chi connectivity index (χ0v) is 14.9. The number of benzene rings is 1. The van der Waals surface area contributed by atoms with E-state index in [1.54, 1.807) is 0 Å². The average Bonchev–Trinajstić information content (AvgIpc) is 2.61. The Hall–Kier alpha value is -1.03. The van der Waals surface area contributed by atoms with Crippen molar-refractivity contribution in [2.45, 2.75) is 56.6 Å². The second-order valence-corrected chi connectivity index (χ2v) is 6.87. The molecule has 0 radical (unpaired) electrons. The summed E-state index contributed by atoms with van der Waals surface area (Å²) >= 11 is 1.86. The molecule has 0 N–H and O–H groups in total. The Bertz CT molecular complexity index is 490. The Kier molecular flexibility index (Phi) is 8.51. The third kappa shape index (κ3) is 6.54. The second-order valence-electron chi connectivity index (χ2n) is 5.71. The van der Waals surface area contributed by atoms with E-state index < -0.39 is 0 Å². The predicted octanol–water partition coefficient (Wildman–Crippen LogP) is 5.95. The van der Waals surface area contributed by atoms with Gasteiger partial charge in [-0.15, -0.1) is 6.58 Å². The van der Waals surface area contributed by atoms with Crippen LogP contribution < -0.4 is 0 Å². The van der Waals surface area contributed by atoms with Gasteiger partial charge < -0.3 is 9.47 Å². The van der Waals surface area contributed by atoms with E-state index in [4.69, 9.17) is 9.47 Å². The molecule has 1 aliphatic rings. The molecule has 0 spiro atoms. The largest absolute Gasteiger partial charge is 0.353 e. The summed E-state index contributed by atoms with van der Waals surface area (Å²) in [5, 5.41) is 0. The SMILES string of the molecule is C=CC/C(CC)=C(/CCOC1CCCCO1)Sc1ccccc1. The van der Waals surface area contributed by atoms with Crippen LogP contribution in [0.1, 0.15) is 45.4 Å². The van der Waals surface area contributed by atoms with Crippen molar-refractivity contribution in [2.24, 2.45) is 0 Å². The molecule has 0 saturated carbocycles. The maximum Gasteiger partial charge on any atom is 0.157 e. The monoisotopic (exact) mass is 332 g/mol. The average molecular weight is 333 g/mol. The van der Waals surface area contributed by atoms with E-state index in [0.29, 0.717) is 0 Å². The van der Waals surface area contributed by atoms with Crippen LogP contribution in [0.15, 0.2) is 58.4 Å². The number of hydrogen-bond donors (Lipinski definition) is 0. The van der Waals surface area contributed by atoms with E-state index in [1.165, 1.54) is 21.8 Å². The van der Waals surface area contributed by atoms with Crippen LogP contribution in [0.25, 0.3) is 0 Å². The van der Waals surface area contributed by atoms with Crippen molar-refractivity contribution in [3.05, 3.63) is 53.5 Å². The molecule has 23 heavy (non-hydrogen) atoms. The van der Waals surface area contributed by atoms with Crippen molar-refractivity contribution in [2.75, 3.05) is 13.2 Å². The van der Waals surface area contributed by atoms with Crippen LogP contribution in [0.5, 0.6) is 0 Å². The number of rotatable bonds is 9. The Morgan fingerprint density at radius 1 is 1.35 bits per heavy atom. The van der Waals surface area contributed by atoms with Gasteiger partial charge in [0.15, 0.2) is 6.29 Å². The van der Waals surface area contributed by atoms with Crippen molar-refractivity contribution < 1.29 is 9.47 Å². The molecule has 0 aromatic heterocycles. The van der Waals surface area contributed by atoms with Crippen LogP contribution in [-0.4, -0.2) is 19.5 Å². The summed E-state index contributed by atoms with van der Waals surface area (Å²) in [4.78, 5) is 2.70. The number of allylic oxidation sites excluding steroid dienone is 2. The molecule has 1 heterocycles. The van der Waals surface area contributed by atoms with Crippen LogP contribution >= 0.6 is 11.8 Å². The summed E-state index contributed by atoms with van der Waals surface area (Å²) in [6.45, 7) is 7.67. The summed E-state index contributed by atoms with van der Waals surface area (Å²) in [7, 11) is 0. The lowest BCUT2D eigenvalue weighted by Gasteiger charge is -2.23. The standard InChI is InChI=1S/C20H28O2S/c1-3-10-17(4-2)19(23-18-11-6-5-7-12-18)14-16-22-20-13-8-9-15-21-20/h3,5-7,11-12,20H,1,4,8-10,13-16H2,2H3/b19-17-. The van der Waals surface area contributed by atoms with Gasteiger partial charge in [0, 0.05) is 17.9 Å². The van der Waals surface area contributed by atoms with Crippen molar-refractivity contribution in [3.63, 3.8) is 0 Å². The maximum atomic E-state index is 5.93. The number of thioether (sulfide) groups is 1. The first-order valence-electron chi connectivity index (χ1n) is 8.61. The minimum atomic E-state index is -0.00351. The minimum absolute atomic E-state index is 0.00351. The van der Waals surface area contributed by atoms with Gasteiger partial charge in [0.05, 0.1) is 6.61 Å². The fraction of sp³-hybridized carbons (Fsp3) is 0.500. The zero-order valence-electron chi connectivity index (χ0n) is 14.1. The smallest absolute Gasteiger partial charge is 0.157 e. The van der Waals surface area contributed by atoms with Gasteiger partial charge in [0.2, 0.25) is 0 Å². The minimum Gasteiger partial charge on any atom is -0.353 e. The first kappa shape index (κ1) is 18.3. The molecule has 1 fully saturated rings. The summed E-state index contributed by atoms with van der Waals surface area (Å²) in [5.41, 5.74) is 1.46. The molecule has 0 amide bonds. The van der Waals surface area contributed by atoms with E-state index >= 15 is 0 Å². The third-order valence-corrected chi connectivity index (χ3v) is 5.21. The molecule has 1 saturated heterocycles. The van der Waals surface area contributed by atoms with Gasteiger partial charge in [0.1, 0.15) is 0 Å². The van der Waals surface area contributed by atoms with Crippen molar-refractivity contribution in [3.8, 4) is 0 Å². The van der Waals surface area contributed by atoms with Crippen LogP contribution in [0.4, 0.5) is 0 Å². The van der Waals surface area contributed by atoms with Crippen LogP contribution in [0.3, 0.4) is 0 Å². The normalized spacial score (nSPS) is 19.3. The molecule has 1 aromatic carbocycles. The highest BCUT2D eigenvalue weighted by atomic mass is 32.2. The van der Waals surface area contributed by atoms with Gasteiger partial charge in [-0.3, -0.25) is 0 Å². The van der Waals surface area contributed by atoms with Gasteiger partial charge in [0.25, 0.3) is 0 Å². The molecule has 0 aliphatic carbocycles. The molecule has 1 unspecified atom stereocenters. The molecular weight excluding hydrogens is 304 g/mol. The highest BCUT2D eigenvalue weighted by Crippen LogP contribution is 2.33. The van der Waals surface area contributed by atoms with Gasteiger partial charge in [-0.1, -0.05) is 48.5 Å². The van der Waals surface area contributed by atoms with Gasteiger partial charge >= 0.3 is 0 Å². The van der Waals surface area contributed by atoms with Gasteiger partial charge in [-0.05, 0) is 49.1 Å². The predicted molar refractivity (Wildman–Crippen MR) is 98.6 cm³/mol. The fourth-order valence-electron chi connectivity index (χ4n) is 2.69. The van der Waals surface area contributed by atoms with Crippen LogP contribution in [0, 0.1) is 0 Å². The van der Waals surface area contributed by atoms with Gasteiger partial charge in [-0.2, -0.15) is 0 Å². The first-order chi connectivity index (χ1) is 11.3. The molecule has 2 nitrogen and oxygen atoms in total. The summed E-state index contributed by atoms with van der Waals surface area (Å²) < 4.78 is 11.6. The van der Waals surface area contributed by atoms with E-state index in [9.17, 15) is 0 Å². The van der Waals surface area contributed by atoms with Gasteiger partial charge in [-0.25, -0.2) is 0 Å². The Morgan fingerprint density at radius 2 is 2.17 bits per heavy atom.